The predicted octanol–water partition coefficient (Wildman–Crippen LogP) is 2.38. The molecule has 0 bridgehead atoms. The van der Waals surface area contributed by atoms with Gasteiger partial charge in [-0.3, -0.25) is 0 Å². The number of aryl methyl sites for hydroxylation is 1. The molecule has 1 fully saturated rings. The lowest BCUT2D eigenvalue weighted by atomic mass is 9.99. The first-order chi connectivity index (χ1) is 8.74. The minimum absolute atomic E-state index is 0.143. The number of nitrogens with two attached hydrogens (primary N) is 1. The Morgan fingerprint density at radius 2 is 1.89 bits per heavy atom. The molecule has 18 heavy (non-hydrogen) atoms. The maximum Gasteiger partial charge on any atom is 0.118 e. The van der Waals surface area contributed by atoms with Gasteiger partial charge in [0.25, 0.3) is 0 Å². The fraction of sp³-hybridized carbons (Fsp3) is 0.600. The number of rotatable bonds is 7. The second-order valence-electron chi connectivity index (χ2n) is 5.09. The van der Waals surface area contributed by atoms with E-state index in [1.54, 1.807) is 14.2 Å². The van der Waals surface area contributed by atoms with Crippen LogP contribution in [-0.2, 0) is 11.2 Å². The standard InChI is InChI=1S/C15H23NO2/c1-17-13-8-3-11(4-9-13)5-10-14(16)15(18-2)12-6-7-12/h3-4,8-9,12,14-15H,5-7,10,16H2,1-2H3. The highest BCUT2D eigenvalue weighted by molar-refractivity contribution is 5.27. The Kier molecular flexibility index (Phi) is 4.61. The summed E-state index contributed by atoms with van der Waals surface area (Å²) in [7, 11) is 3.46. The molecule has 0 aromatic heterocycles. The summed E-state index contributed by atoms with van der Waals surface area (Å²) in [5.74, 6) is 1.59. The maximum absolute atomic E-state index is 6.22. The van der Waals surface area contributed by atoms with Crippen LogP contribution in [-0.4, -0.2) is 26.4 Å². The van der Waals surface area contributed by atoms with Crippen molar-refractivity contribution in [1.82, 2.24) is 0 Å². The first kappa shape index (κ1) is 13.4. The topological polar surface area (TPSA) is 44.5 Å². The Labute approximate surface area is 109 Å². The second kappa shape index (κ2) is 6.21. The van der Waals surface area contributed by atoms with Crippen LogP contribution in [0.1, 0.15) is 24.8 Å². The molecule has 3 heteroatoms. The highest BCUT2D eigenvalue weighted by atomic mass is 16.5. The third-order valence-electron chi connectivity index (χ3n) is 3.71. The molecule has 0 heterocycles. The lowest BCUT2D eigenvalue weighted by Crippen LogP contribution is -2.38. The van der Waals surface area contributed by atoms with Gasteiger partial charge < -0.3 is 15.2 Å². The van der Waals surface area contributed by atoms with Crippen molar-refractivity contribution in [3.8, 4) is 5.75 Å². The molecule has 0 saturated heterocycles. The Morgan fingerprint density at radius 3 is 2.39 bits per heavy atom. The molecule has 1 aromatic carbocycles. The first-order valence-electron chi connectivity index (χ1n) is 6.66. The number of hydrogen-bond acceptors (Lipinski definition) is 3. The quantitative estimate of drug-likeness (QED) is 0.807. The predicted molar refractivity (Wildman–Crippen MR) is 72.8 cm³/mol. The monoisotopic (exact) mass is 249 g/mol. The first-order valence-corrected chi connectivity index (χ1v) is 6.66. The maximum atomic E-state index is 6.22. The zero-order valence-electron chi connectivity index (χ0n) is 11.3. The summed E-state index contributed by atoms with van der Waals surface area (Å²) in [6, 6.07) is 8.34. The number of methoxy groups -OCH3 is 2. The van der Waals surface area contributed by atoms with E-state index >= 15 is 0 Å². The average molecular weight is 249 g/mol. The van der Waals surface area contributed by atoms with Crippen LogP contribution in [0.2, 0.25) is 0 Å². The van der Waals surface area contributed by atoms with Crippen LogP contribution in [0.15, 0.2) is 24.3 Å². The van der Waals surface area contributed by atoms with Crippen LogP contribution in [0.4, 0.5) is 0 Å². The van der Waals surface area contributed by atoms with E-state index in [2.05, 4.69) is 12.1 Å². The highest BCUT2D eigenvalue weighted by Crippen LogP contribution is 2.35. The summed E-state index contributed by atoms with van der Waals surface area (Å²) in [6.07, 6.45) is 4.76. The molecule has 0 spiro atoms. The van der Waals surface area contributed by atoms with E-state index in [9.17, 15) is 0 Å². The van der Waals surface area contributed by atoms with Crippen molar-refractivity contribution in [1.29, 1.82) is 0 Å². The van der Waals surface area contributed by atoms with E-state index in [-0.39, 0.29) is 12.1 Å². The van der Waals surface area contributed by atoms with Gasteiger partial charge in [-0.15, -0.1) is 0 Å². The molecule has 3 nitrogen and oxygen atoms in total. The molecule has 0 amide bonds. The summed E-state index contributed by atoms with van der Waals surface area (Å²) in [4.78, 5) is 0. The minimum atomic E-state index is 0.143. The van der Waals surface area contributed by atoms with E-state index in [4.69, 9.17) is 15.2 Å². The Bertz CT molecular complexity index is 359. The molecule has 1 aliphatic carbocycles. The van der Waals surface area contributed by atoms with Crippen molar-refractivity contribution in [2.24, 2.45) is 11.7 Å². The molecule has 0 radical (unpaired) electrons. The Balaban J connectivity index is 1.82. The molecular formula is C15H23NO2. The van der Waals surface area contributed by atoms with Crippen molar-refractivity contribution in [2.45, 2.75) is 37.8 Å². The van der Waals surface area contributed by atoms with Gasteiger partial charge in [-0.1, -0.05) is 12.1 Å². The van der Waals surface area contributed by atoms with Crippen molar-refractivity contribution < 1.29 is 9.47 Å². The van der Waals surface area contributed by atoms with Gasteiger partial charge in [0.15, 0.2) is 0 Å². The molecule has 1 saturated carbocycles. The van der Waals surface area contributed by atoms with Crippen molar-refractivity contribution in [3.63, 3.8) is 0 Å². The smallest absolute Gasteiger partial charge is 0.118 e. The van der Waals surface area contributed by atoms with Gasteiger partial charge in [-0.05, 0) is 49.3 Å². The molecular weight excluding hydrogens is 226 g/mol. The summed E-state index contributed by atoms with van der Waals surface area (Å²) in [5.41, 5.74) is 7.53. The lowest BCUT2D eigenvalue weighted by Gasteiger charge is -2.22. The van der Waals surface area contributed by atoms with Crippen molar-refractivity contribution in [3.05, 3.63) is 29.8 Å². The van der Waals surface area contributed by atoms with Gasteiger partial charge in [0.05, 0.1) is 13.2 Å². The number of hydrogen-bond donors (Lipinski definition) is 1. The summed E-state index contributed by atoms with van der Waals surface area (Å²) < 4.78 is 10.7. The summed E-state index contributed by atoms with van der Waals surface area (Å²) >= 11 is 0. The molecule has 2 rings (SSSR count). The Hall–Kier alpha value is -1.06. The van der Waals surface area contributed by atoms with Crippen LogP contribution in [0, 0.1) is 5.92 Å². The molecule has 2 atom stereocenters. The van der Waals surface area contributed by atoms with E-state index in [0.717, 1.165) is 18.6 Å². The zero-order valence-corrected chi connectivity index (χ0v) is 11.3. The third-order valence-corrected chi connectivity index (χ3v) is 3.71. The van der Waals surface area contributed by atoms with E-state index in [0.29, 0.717) is 5.92 Å². The zero-order chi connectivity index (χ0) is 13.0. The number of benzene rings is 1. The Morgan fingerprint density at radius 1 is 1.22 bits per heavy atom. The van der Waals surface area contributed by atoms with Crippen LogP contribution < -0.4 is 10.5 Å². The molecule has 2 N–H and O–H groups in total. The number of ether oxygens (including phenoxy) is 2. The van der Waals surface area contributed by atoms with E-state index in [1.165, 1.54) is 18.4 Å². The summed E-state index contributed by atoms with van der Waals surface area (Å²) in [5, 5.41) is 0. The average Bonchev–Trinajstić information content (AvgIpc) is 3.22. The largest absolute Gasteiger partial charge is 0.497 e. The molecule has 0 aliphatic heterocycles. The molecule has 1 aliphatic rings. The van der Waals surface area contributed by atoms with Gasteiger partial charge in [0, 0.05) is 13.2 Å². The fourth-order valence-corrected chi connectivity index (χ4v) is 2.43. The third kappa shape index (κ3) is 3.47. The van der Waals surface area contributed by atoms with Crippen LogP contribution in [0.25, 0.3) is 0 Å². The van der Waals surface area contributed by atoms with Gasteiger partial charge in [-0.25, -0.2) is 0 Å². The fourth-order valence-electron chi connectivity index (χ4n) is 2.43. The summed E-state index contributed by atoms with van der Waals surface area (Å²) in [6.45, 7) is 0. The van der Waals surface area contributed by atoms with Gasteiger partial charge in [-0.2, -0.15) is 0 Å². The molecule has 1 aromatic rings. The van der Waals surface area contributed by atoms with Gasteiger partial charge in [0.1, 0.15) is 5.75 Å². The van der Waals surface area contributed by atoms with Crippen LogP contribution >= 0.6 is 0 Å². The van der Waals surface area contributed by atoms with Crippen molar-refractivity contribution in [2.75, 3.05) is 14.2 Å². The van der Waals surface area contributed by atoms with Crippen LogP contribution in [0.5, 0.6) is 5.75 Å². The van der Waals surface area contributed by atoms with Gasteiger partial charge >= 0.3 is 0 Å². The van der Waals surface area contributed by atoms with Gasteiger partial charge in [0.2, 0.25) is 0 Å². The van der Waals surface area contributed by atoms with E-state index < -0.39 is 0 Å². The van der Waals surface area contributed by atoms with Crippen molar-refractivity contribution >= 4 is 0 Å². The normalized spacial score (nSPS) is 18.4. The van der Waals surface area contributed by atoms with E-state index in [1.807, 2.05) is 12.1 Å². The molecule has 100 valence electrons. The lowest BCUT2D eigenvalue weighted by molar-refractivity contribution is 0.0603. The molecule has 2 unspecified atom stereocenters. The van der Waals surface area contributed by atoms with Crippen LogP contribution in [0.3, 0.4) is 0 Å². The second-order valence-corrected chi connectivity index (χ2v) is 5.09. The SMILES string of the molecule is COc1ccc(CCC(N)C(OC)C2CC2)cc1. The highest BCUT2D eigenvalue weighted by Gasteiger charge is 2.34. The minimum Gasteiger partial charge on any atom is -0.497 e.